The molecule has 0 fully saturated rings. The second-order valence-electron chi connectivity index (χ2n) is 4.72. The molecule has 2 aromatic heterocycles. The van der Waals surface area contributed by atoms with E-state index < -0.39 is 6.10 Å². The van der Waals surface area contributed by atoms with E-state index in [1.54, 1.807) is 18.2 Å². The van der Waals surface area contributed by atoms with Crippen molar-refractivity contribution in [1.82, 2.24) is 5.32 Å². The Kier molecular flexibility index (Phi) is 3.75. The molecule has 1 atom stereocenters. The number of hydrogen-bond donors (Lipinski definition) is 2. The zero-order valence-corrected chi connectivity index (χ0v) is 11.3. The fourth-order valence-electron chi connectivity index (χ4n) is 2.13. The van der Waals surface area contributed by atoms with Crippen molar-refractivity contribution in [1.29, 1.82) is 0 Å². The van der Waals surface area contributed by atoms with Gasteiger partial charge in [0.05, 0.1) is 6.26 Å². The summed E-state index contributed by atoms with van der Waals surface area (Å²) in [7, 11) is 0. The van der Waals surface area contributed by atoms with Crippen LogP contribution in [0.15, 0.2) is 57.6 Å². The number of fused-ring (bicyclic) bond motifs is 1. The quantitative estimate of drug-likeness (QED) is 0.755. The molecule has 0 aliphatic rings. The topological polar surface area (TPSA) is 75.6 Å². The third-order valence-electron chi connectivity index (χ3n) is 3.22. The third-order valence-corrected chi connectivity index (χ3v) is 3.22. The summed E-state index contributed by atoms with van der Waals surface area (Å²) >= 11 is 0. The molecule has 5 nitrogen and oxygen atoms in total. The van der Waals surface area contributed by atoms with Crippen molar-refractivity contribution < 1.29 is 18.7 Å². The Morgan fingerprint density at radius 2 is 2.10 bits per heavy atom. The first-order chi connectivity index (χ1) is 10.2. The van der Waals surface area contributed by atoms with Crippen LogP contribution in [0.2, 0.25) is 0 Å². The maximum Gasteiger partial charge on any atom is 0.287 e. The monoisotopic (exact) mass is 285 g/mol. The summed E-state index contributed by atoms with van der Waals surface area (Å²) in [6, 6.07) is 12.6. The van der Waals surface area contributed by atoms with Gasteiger partial charge in [0, 0.05) is 11.9 Å². The number of carbonyl (C=O) groups excluding carboxylic acids is 1. The molecule has 0 bridgehead atoms. The van der Waals surface area contributed by atoms with Gasteiger partial charge in [-0.25, -0.2) is 0 Å². The van der Waals surface area contributed by atoms with E-state index in [2.05, 4.69) is 5.32 Å². The molecular formula is C16H15NO4. The number of amides is 1. The van der Waals surface area contributed by atoms with Crippen molar-refractivity contribution >= 4 is 16.9 Å². The fraction of sp³-hybridized carbons (Fsp3) is 0.188. The molecule has 21 heavy (non-hydrogen) atoms. The molecule has 0 aliphatic heterocycles. The summed E-state index contributed by atoms with van der Waals surface area (Å²) < 4.78 is 10.6. The minimum absolute atomic E-state index is 0.267. The lowest BCUT2D eigenvalue weighted by atomic mass is 10.2. The van der Waals surface area contributed by atoms with Crippen LogP contribution in [-0.4, -0.2) is 17.6 Å². The third kappa shape index (κ3) is 2.98. The molecule has 0 spiro atoms. The Balaban J connectivity index is 1.56. The van der Waals surface area contributed by atoms with Gasteiger partial charge in [-0.15, -0.1) is 0 Å². The van der Waals surface area contributed by atoms with Crippen LogP contribution in [0.5, 0.6) is 0 Å². The Bertz CT molecular complexity index is 697. The number of nitrogens with one attached hydrogen (secondary N) is 1. The molecule has 108 valence electrons. The van der Waals surface area contributed by atoms with Gasteiger partial charge in [-0.3, -0.25) is 4.79 Å². The van der Waals surface area contributed by atoms with Crippen molar-refractivity contribution in [3.8, 4) is 0 Å². The summed E-state index contributed by atoms with van der Waals surface area (Å²) in [6.07, 6.45) is 1.15. The van der Waals surface area contributed by atoms with E-state index >= 15 is 0 Å². The first-order valence-corrected chi connectivity index (χ1v) is 6.72. The number of aliphatic hydroxyl groups is 1. The molecule has 1 unspecified atom stereocenters. The Hall–Kier alpha value is -2.53. The van der Waals surface area contributed by atoms with Crippen LogP contribution < -0.4 is 5.32 Å². The number of para-hydroxylation sites is 1. The van der Waals surface area contributed by atoms with E-state index in [9.17, 15) is 9.90 Å². The molecule has 3 aromatic rings. The number of rotatable bonds is 5. The van der Waals surface area contributed by atoms with Gasteiger partial charge in [0.25, 0.3) is 5.91 Å². The molecule has 0 saturated carbocycles. The van der Waals surface area contributed by atoms with Gasteiger partial charge in [0.2, 0.25) is 0 Å². The van der Waals surface area contributed by atoms with E-state index in [0.29, 0.717) is 24.3 Å². The summed E-state index contributed by atoms with van der Waals surface area (Å²) in [5.41, 5.74) is 0.679. The first-order valence-electron chi connectivity index (χ1n) is 6.72. The van der Waals surface area contributed by atoms with Crippen LogP contribution in [0.25, 0.3) is 11.0 Å². The van der Waals surface area contributed by atoms with E-state index in [4.69, 9.17) is 8.83 Å². The smallest absolute Gasteiger partial charge is 0.287 e. The van der Waals surface area contributed by atoms with Gasteiger partial charge in [-0.05, 0) is 30.7 Å². The van der Waals surface area contributed by atoms with Crippen molar-refractivity contribution in [3.05, 3.63) is 60.2 Å². The molecule has 1 amide bonds. The maximum absolute atomic E-state index is 12.0. The van der Waals surface area contributed by atoms with Crippen LogP contribution in [0.3, 0.4) is 0 Å². The lowest BCUT2D eigenvalue weighted by molar-refractivity contribution is 0.0911. The van der Waals surface area contributed by atoms with E-state index in [1.807, 2.05) is 24.3 Å². The molecular weight excluding hydrogens is 270 g/mol. The second kappa shape index (κ2) is 5.85. The lowest BCUT2D eigenvalue weighted by Gasteiger charge is -2.07. The fourth-order valence-corrected chi connectivity index (χ4v) is 2.13. The minimum atomic E-state index is -0.726. The number of benzene rings is 1. The lowest BCUT2D eigenvalue weighted by Crippen LogP contribution is -2.25. The number of aliphatic hydroxyl groups excluding tert-OH is 1. The highest BCUT2D eigenvalue weighted by atomic mass is 16.4. The molecule has 0 aliphatic carbocycles. The zero-order chi connectivity index (χ0) is 14.7. The van der Waals surface area contributed by atoms with Crippen molar-refractivity contribution in [2.45, 2.75) is 12.5 Å². The van der Waals surface area contributed by atoms with Gasteiger partial charge in [-0.1, -0.05) is 18.2 Å². The largest absolute Gasteiger partial charge is 0.467 e. The van der Waals surface area contributed by atoms with Gasteiger partial charge in [0.15, 0.2) is 5.76 Å². The zero-order valence-electron chi connectivity index (χ0n) is 11.3. The summed E-state index contributed by atoms with van der Waals surface area (Å²) in [5, 5.41) is 13.4. The highest BCUT2D eigenvalue weighted by Crippen LogP contribution is 2.19. The van der Waals surface area contributed by atoms with Crippen LogP contribution in [-0.2, 0) is 0 Å². The molecule has 2 heterocycles. The van der Waals surface area contributed by atoms with Gasteiger partial charge >= 0.3 is 0 Å². The molecule has 0 radical (unpaired) electrons. The van der Waals surface area contributed by atoms with Gasteiger partial charge in [-0.2, -0.15) is 0 Å². The molecule has 5 heteroatoms. The van der Waals surface area contributed by atoms with Crippen LogP contribution >= 0.6 is 0 Å². The summed E-state index contributed by atoms with van der Waals surface area (Å²) in [5.74, 6) is 0.467. The van der Waals surface area contributed by atoms with E-state index in [1.165, 1.54) is 6.26 Å². The summed E-state index contributed by atoms with van der Waals surface area (Å²) in [4.78, 5) is 12.0. The Morgan fingerprint density at radius 1 is 1.24 bits per heavy atom. The maximum atomic E-state index is 12.0. The average molecular weight is 285 g/mol. The van der Waals surface area contributed by atoms with Crippen molar-refractivity contribution in [2.75, 3.05) is 6.54 Å². The van der Waals surface area contributed by atoms with E-state index in [0.717, 1.165) is 5.39 Å². The normalized spacial score (nSPS) is 12.4. The number of hydrogen-bond acceptors (Lipinski definition) is 4. The molecule has 1 aromatic carbocycles. The van der Waals surface area contributed by atoms with Crippen molar-refractivity contribution in [3.63, 3.8) is 0 Å². The first kappa shape index (κ1) is 13.5. The predicted molar refractivity (Wildman–Crippen MR) is 76.8 cm³/mol. The number of furan rings is 2. The molecule has 0 saturated heterocycles. The highest BCUT2D eigenvalue weighted by molar-refractivity contribution is 5.95. The minimum Gasteiger partial charge on any atom is -0.467 e. The SMILES string of the molecule is O=C(NCCC(O)c1ccco1)c1cc2ccccc2o1. The standard InChI is InChI=1S/C16H15NO4/c18-12(14-6-3-9-20-14)7-8-17-16(19)15-10-11-4-1-2-5-13(11)21-15/h1-6,9-10,12,18H,7-8H2,(H,17,19). The highest BCUT2D eigenvalue weighted by Gasteiger charge is 2.14. The summed E-state index contributed by atoms with van der Waals surface area (Å²) in [6.45, 7) is 0.331. The molecule has 2 N–H and O–H groups in total. The van der Waals surface area contributed by atoms with Crippen LogP contribution in [0.4, 0.5) is 0 Å². The molecule has 3 rings (SSSR count). The second-order valence-corrected chi connectivity index (χ2v) is 4.72. The Morgan fingerprint density at radius 3 is 2.86 bits per heavy atom. The Labute approximate surface area is 121 Å². The van der Waals surface area contributed by atoms with E-state index in [-0.39, 0.29) is 11.7 Å². The van der Waals surface area contributed by atoms with Gasteiger partial charge in [0.1, 0.15) is 17.4 Å². The number of carbonyl (C=O) groups is 1. The van der Waals surface area contributed by atoms with Crippen LogP contribution in [0, 0.1) is 0 Å². The van der Waals surface area contributed by atoms with Crippen LogP contribution in [0.1, 0.15) is 28.8 Å². The van der Waals surface area contributed by atoms with Crippen molar-refractivity contribution in [2.24, 2.45) is 0 Å². The predicted octanol–water partition coefficient (Wildman–Crippen LogP) is 2.88. The average Bonchev–Trinajstić information content (AvgIpc) is 3.16. The van der Waals surface area contributed by atoms with Gasteiger partial charge < -0.3 is 19.3 Å².